The fourth-order valence-corrected chi connectivity index (χ4v) is 1.02. The average molecular weight is 253 g/mol. The molecule has 0 aromatic carbocycles. The lowest BCUT2D eigenvalue weighted by Gasteiger charge is -2.15. The minimum Gasteiger partial charge on any atom is -0.467 e. The Labute approximate surface area is 96.0 Å². The number of alkyl halides is 2. The molecule has 0 aliphatic carbocycles. The highest BCUT2D eigenvalue weighted by molar-refractivity contribution is 6.32. The molecule has 0 aliphatic heterocycles. The standard InChI is InChI=1S/C8H11ClF2N4O/c1-16-7-13-2-5(9)6(15-7)14-4-8(10,11)3-12/h2H,3-4,12H2,1H3,(H,13,14,15). The minimum absolute atomic E-state index is 0.0444. The Morgan fingerprint density at radius 1 is 1.62 bits per heavy atom. The van der Waals surface area contributed by atoms with Crippen molar-refractivity contribution in [3.05, 3.63) is 11.2 Å². The molecule has 0 fully saturated rings. The lowest BCUT2D eigenvalue weighted by atomic mass is 10.3. The van der Waals surface area contributed by atoms with Gasteiger partial charge < -0.3 is 15.8 Å². The summed E-state index contributed by atoms with van der Waals surface area (Å²) in [6.07, 6.45) is 1.26. The maximum absolute atomic E-state index is 12.8. The Kier molecular flexibility index (Phi) is 4.19. The minimum atomic E-state index is -3.01. The van der Waals surface area contributed by atoms with E-state index in [-0.39, 0.29) is 16.9 Å². The van der Waals surface area contributed by atoms with Gasteiger partial charge in [0.05, 0.1) is 26.4 Å². The van der Waals surface area contributed by atoms with Crippen LogP contribution in [-0.2, 0) is 0 Å². The van der Waals surface area contributed by atoms with Crippen molar-refractivity contribution < 1.29 is 13.5 Å². The molecule has 1 heterocycles. The van der Waals surface area contributed by atoms with Gasteiger partial charge in [-0.2, -0.15) is 4.98 Å². The first-order valence-corrected chi connectivity index (χ1v) is 4.74. The van der Waals surface area contributed by atoms with Gasteiger partial charge in [0.2, 0.25) is 0 Å². The van der Waals surface area contributed by atoms with Crippen LogP contribution < -0.4 is 15.8 Å². The Bertz CT molecular complexity index is 364. The molecule has 90 valence electrons. The molecule has 0 amide bonds. The molecule has 0 radical (unpaired) electrons. The molecule has 0 saturated carbocycles. The molecular weight excluding hydrogens is 242 g/mol. The maximum Gasteiger partial charge on any atom is 0.318 e. The molecule has 0 saturated heterocycles. The fourth-order valence-electron chi connectivity index (χ4n) is 0.858. The Balaban J connectivity index is 2.73. The van der Waals surface area contributed by atoms with E-state index < -0.39 is 19.0 Å². The molecule has 0 bridgehead atoms. The molecular formula is C8H11ClF2N4O. The quantitative estimate of drug-likeness (QED) is 0.822. The van der Waals surface area contributed by atoms with Gasteiger partial charge >= 0.3 is 6.01 Å². The second kappa shape index (κ2) is 5.22. The zero-order valence-electron chi connectivity index (χ0n) is 8.51. The van der Waals surface area contributed by atoms with Gasteiger partial charge in [-0.1, -0.05) is 11.6 Å². The number of methoxy groups -OCH3 is 1. The number of halogens is 3. The average Bonchev–Trinajstić information content (AvgIpc) is 2.28. The summed E-state index contributed by atoms with van der Waals surface area (Å²) in [4.78, 5) is 7.48. The first-order chi connectivity index (χ1) is 7.48. The number of nitrogens with one attached hydrogen (secondary N) is 1. The van der Waals surface area contributed by atoms with Crippen LogP contribution in [0.4, 0.5) is 14.6 Å². The van der Waals surface area contributed by atoms with Crippen molar-refractivity contribution in [2.75, 3.05) is 25.5 Å². The summed E-state index contributed by atoms with van der Waals surface area (Å²) in [6, 6.07) is 0.0444. The predicted molar refractivity (Wildman–Crippen MR) is 56.1 cm³/mol. The van der Waals surface area contributed by atoms with Crippen LogP contribution in [0.5, 0.6) is 6.01 Å². The van der Waals surface area contributed by atoms with Gasteiger partial charge in [-0.15, -0.1) is 0 Å². The van der Waals surface area contributed by atoms with Gasteiger partial charge in [0, 0.05) is 0 Å². The number of hydrogen-bond donors (Lipinski definition) is 2. The van der Waals surface area contributed by atoms with Gasteiger partial charge in [0.15, 0.2) is 5.82 Å². The second-order valence-corrected chi connectivity index (χ2v) is 3.37. The van der Waals surface area contributed by atoms with Crippen molar-refractivity contribution in [1.82, 2.24) is 9.97 Å². The van der Waals surface area contributed by atoms with Crippen molar-refractivity contribution in [2.45, 2.75) is 5.92 Å². The SMILES string of the molecule is COc1ncc(Cl)c(NCC(F)(F)CN)n1. The number of ether oxygens (including phenoxy) is 1. The Hall–Kier alpha value is -1.21. The topological polar surface area (TPSA) is 73.1 Å². The smallest absolute Gasteiger partial charge is 0.318 e. The Morgan fingerprint density at radius 2 is 2.31 bits per heavy atom. The van der Waals surface area contributed by atoms with Crippen LogP contribution in [0.2, 0.25) is 5.02 Å². The monoisotopic (exact) mass is 252 g/mol. The van der Waals surface area contributed by atoms with E-state index in [4.69, 9.17) is 22.1 Å². The summed E-state index contributed by atoms with van der Waals surface area (Å²) in [5, 5.41) is 2.52. The van der Waals surface area contributed by atoms with Crippen LogP contribution >= 0.6 is 11.6 Å². The molecule has 8 heteroatoms. The molecule has 0 atom stereocenters. The van der Waals surface area contributed by atoms with Crippen molar-refractivity contribution in [1.29, 1.82) is 0 Å². The highest BCUT2D eigenvalue weighted by Crippen LogP contribution is 2.21. The number of anilines is 1. The zero-order valence-corrected chi connectivity index (χ0v) is 9.26. The molecule has 16 heavy (non-hydrogen) atoms. The molecule has 1 aromatic heterocycles. The largest absolute Gasteiger partial charge is 0.467 e. The maximum atomic E-state index is 12.8. The van der Waals surface area contributed by atoms with E-state index in [1.807, 2.05) is 0 Å². The molecule has 5 nitrogen and oxygen atoms in total. The predicted octanol–water partition coefficient (Wildman–Crippen LogP) is 1.14. The van der Waals surface area contributed by atoms with Gasteiger partial charge in [-0.3, -0.25) is 0 Å². The first-order valence-electron chi connectivity index (χ1n) is 4.37. The Morgan fingerprint density at radius 3 is 2.88 bits per heavy atom. The van der Waals surface area contributed by atoms with Crippen LogP contribution in [0.15, 0.2) is 6.20 Å². The third kappa shape index (κ3) is 3.42. The van der Waals surface area contributed by atoms with E-state index in [1.54, 1.807) is 0 Å². The molecule has 0 unspecified atom stereocenters. The van der Waals surface area contributed by atoms with Crippen LogP contribution in [0.25, 0.3) is 0 Å². The number of rotatable bonds is 5. The second-order valence-electron chi connectivity index (χ2n) is 2.97. The third-order valence-corrected chi connectivity index (χ3v) is 1.99. The number of nitrogens with zero attached hydrogens (tertiary/aromatic N) is 2. The highest BCUT2D eigenvalue weighted by atomic mass is 35.5. The van der Waals surface area contributed by atoms with Crippen LogP contribution in [-0.4, -0.2) is 36.1 Å². The molecule has 1 aromatic rings. The summed E-state index contributed by atoms with van der Waals surface area (Å²) in [5.41, 5.74) is 4.88. The van der Waals surface area contributed by atoms with Gasteiger partial charge in [-0.05, 0) is 0 Å². The molecule has 1 rings (SSSR count). The fraction of sp³-hybridized carbons (Fsp3) is 0.500. The number of aromatic nitrogens is 2. The van der Waals surface area contributed by atoms with E-state index in [1.165, 1.54) is 13.3 Å². The van der Waals surface area contributed by atoms with Crippen LogP contribution in [0, 0.1) is 0 Å². The molecule has 0 spiro atoms. The number of hydrogen-bond acceptors (Lipinski definition) is 5. The van der Waals surface area contributed by atoms with Crippen LogP contribution in [0.1, 0.15) is 0 Å². The van der Waals surface area contributed by atoms with Gasteiger partial charge in [0.25, 0.3) is 5.92 Å². The van der Waals surface area contributed by atoms with Crippen molar-refractivity contribution in [3.63, 3.8) is 0 Å². The van der Waals surface area contributed by atoms with E-state index in [2.05, 4.69) is 15.3 Å². The lowest BCUT2D eigenvalue weighted by molar-refractivity contribution is 0.0253. The zero-order chi connectivity index (χ0) is 12.2. The normalized spacial score (nSPS) is 11.3. The summed E-state index contributed by atoms with van der Waals surface area (Å²) in [6.45, 7) is -1.40. The highest BCUT2D eigenvalue weighted by Gasteiger charge is 2.26. The van der Waals surface area contributed by atoms with Crippen molar-refractivity contribution in [3.8, 4) is 6.01 Å². The summed E-state index contributed by atoms with van der Waals surface area (Å²) >= 11 is 5.71. The van der Waals surface area contributed by atoms with Gasteiger partial charge in [0.1, 0.15) is 5.02 Å². The first kappa shape index (κ1) is 12.9. The van der Waals surface area contributed by atoms with E-state index >= 15 is 0 Å². The number of nitrogens with two attached hydrogens (primary N) is 1. The third-order valence-electron chi connectivity index (χ3n) is 1.72. The molecule has 3 N–H and O–H groups in total. The van der Waals surface area contributed by atoms with Gasteiger partial charge in [-0.25, -0.2) is 13.8 Å². The van der Waals surface area contributed by atoms with E-state index in [0.717, 1.165) is 0 Å². The van der Waals surface area contributed by atoms with Crippen molar-refractivity contribution >= 4 is 17.4 Å². The summed E-state index contributed by atoms with van der Waals surface area (Å²) in [7, 11) is 1.36. The molecule has 0 aliphatic rings. The van der Waals surface area contributed by atoms with Crippen LogP contribution in [0.3, 0.4) is 0 Å². The van der Waals surface area contributed by atoms with E-state index in [9.17, 15) is 8.78 Å². The summed E-state index contributed by atoms with van der Waals surface area (Å²) in [5.74, 6) is -2.93. The summed E-state index contributed by atoms with van der Waals surface area (Å²) < 4.78 is 30.4. The lowest BCUT2D eigenvalue weighted by Crippen LogP contribution is -2.35. The van der Waals surface area contributed by atoms with Crippen molar-refractivity contribution in [2.24, 2.45) is 5.73 Å². The van der Waals surface area contributed by atoms with E-state index in [0.29, 0.717) is 0 Å².